The molecular weight excluding hydrogens is 376 g/mol. The predicted octanol–water partition coefficient (Wildman–Crippen LogP) is 6.64. The standard InChI is InChI=1S/C19H28N2OS.C6H4/c1-3-5-7-14-22-18-10-8-9-17(15-18)21-13-12-20(11-6-4-2)19(21)16-23;1-2-5-4-6(5)3-1/h8-10,12-13,15-16,19H,3-7,11,14H2,1-2H3;1-4H. The van der Waals surface area contributed by atoms with Gasteiger partial charge in [0.25, 0.3) is 0 Å². The van der Waals surface area contributed by atoms with Crippen LogP contribution in [-0.2, 0) is 0 Å². The van der Waals surface area contributed by atoms with Crippen LogP contribution in [0.4, 0.5) is 5.69 Å². The fraction of sp³-hybridized carbons (Fsp3) is 0.400. The number of hydrogen-bond donors (Lipinski definition) is 0. The number of hydrogen-bond acceptors (Lipinski definition) is 4. The van der Waals surface area contributed by atoms with Gasteiger partial charge in [-0.1, -0.05) is 69.6 Å². The van der Waals surface area contributed by atoms with Crippen LogP contribution in [0.3, 0.4) is 0 Å². The first-order valence-corrected chi connectivity index (χ1v) is 11.2. The molecular formula is C25H32N2OS. The average molecular weight is 409 g/mol. The molecule has 1 aliphatic heterocycles. The van der Waals surface area contributed by atoms with Crippen molar-refractivity contribution in [1.29, 1.82) is 0 Å². The largest absolute Gasteiger partial charge is 0.494 e. The Morgan fingerprint density at radius 2 is 1.69 bits per heavy atom. The summed E-state index contributed by atoms with van der Waals surface area (Å²) in [5.41, 5.74) is 3.98. The van der Waals surface area contributed by atoms with Crippen LogP contribution in [0.25, 0.3) is 11.1 Å². The minimum atomic E-state index is 0.117. The van der Waals surface area contributed by atoms with E-state index >= 15 is 0 Å². The highest BCUT2D eigenvalue weighted by Gasteiger charge is 2.25. The number of thiocarbonyl (C=S) groups is 1. The second-order valence-electron chi connectivity index (χ2n) is 7.48. The maximum atomic E-state index is 5.87. The minimum Gasteiger partial charge on any atom is -0.494 e. The zero-order valence-corrected chi connectivity index (χ0v) is 18.4. The summed E-state index contributed by atoms with van der Waals surface area (Å²) in [5, 5.41) is 1.84. The van der Waals surface area contributed by atoms with Gasteiger partial charge in [0.15, 0.2) is 0 Å². The molecule has 4 heteroatoms. The maximum Gasteiger partial charge on any atom is 0.135 e. The van der Waals surface area contributed by atoms with E-state index in [0.717, 1.165) is 31.0 Å². The number of fused-ring (bicyclic) bond motifs is 1. The number of nitrogens with zero attached hydrogens (tertiary/aromatic N) is 2. The Morgan fingerprint density at radius 3 is 2.31 bits per heavy atom. The molecule has 0 fully saturated rings. The Balaban J connectivity index is 0.000000334. The molecule has 2 aliphatic carbocycles. The van der Waals surface area contributed by atoms with Crippen LogP contribution in [0.5, 0.6) is 5.75 Å². The average Bonchev–Trinajstić information content (AvgIpc) is 3.15. The van der Waals surface area contributed by atoms with Crippen LogP contribution in [0.15, 0.2) is 60.9 Å². The maximum absolute atomic E-state index is 5.87. The molecule has 154 valence electrons. The molecule has 0 N–H and O–H groups in total. The summed E-state index contributed by atoms with van der Waals surface area (Å²) in [6.07, 6.45) is 10.3. The first-order chi connectivity index (χ1) is 14.3. The summed E-state index contributed by atoms with van der Waals surface area (Å²) >= 11 is 5.27. The van der Waals surface area contributed by atoms with Crippen molar-refractivity contribution in [3.05, 3.63) is 60.9 Å². The van der Waals surface area contributed by atoms with Gasteiger partial charge in [0.1, 0.15) is 11.9 Å². The number of benzene rings is 2. The van der Waals surface area contributed by atoms with Gasteiger partial charge in [0, 0.05) is 36.1 Å². The second kappa shape index (κ2) is 11.0. The molecule has 0 aromatic heterocycles. The topological polar surface area (TPSA) is 15.7 Å². The molecule has 1 heterocycles. The lowest BCUT2D eigenvalue weighted by molar-refractivity contribution is 0.306. The lowest BCUT2D eigenvalue weighted by Gasteiger charge is -2.29. The van der Waals surface area contributed by atoms with Crippen LogP contribution < -0.4 is 9.64 Å². The molecule has 0 radical (unpaired) electrons. The molecule has 0 spiro atoms. The first kappa shape index (κ1) is 21.4. The Morgan fingerprint density at radius 1 is 0.931 bits per heavy atom. The minimum absolute atomic E-state index is 0.117. The molecule has 0 bridgehead atoms. The molecule has 0 saturated carbocycles. The van der Waals surface area contributed by atoms with Crippen molar-refractivity contribution in [2.24, 2.45) is 0 Å². The van der Waals surface area contributed by atoms with Crippen LogP contribution >= 0.6 is 12.2 Å². The Kier molecular flexibility index (Phi) is 8.12. The number of unbranched alkanes of at least 4 members (excludes halogenated alkanes) is 3. The van der Waals surface area contributed by atoms with Crippen LogP contribution in [-0.4, -0.2) is 29.6 Å². The van der Waals surface area contributed by atoms with Crippen molar-refractivity contribution in [3.8, 4) is 16.9 Å². The van der Waals surface area contributed by atoms with Crippen molar-refractivity contribution >= 4 is 23.3 Å². The Bertz CT molecular complexity index is 803. The predicted molar refractivity (Wildman–Crippen MR) is 128 cm³/mol. The molecule has 3 aliphatic rings. The van der Waals surface area contributed by atoms with E-state index in [9.17, 15) is 0 Å². The number of anilines is 1. The third-order valence-corrected chi connectivity index (χ3v) is 5.42. The first-order valence-electron chi connectivity index (χ1n) is 10.8. The van der Waals surface area contributed by atoms with E-state index in [4.69, 9.17) is 17.0 Å². The van der Waals surface area contributed by atoms with E-state index in [1.165, 1.54) is 36.8 Å². The van der Waals surface area contributed by atoms with Crippen LogP contribution in [0, 0.1) is 0 Å². The molecule has 1 aromatic rings. The molecule has 0 amide bonds. The van der Waals surface area contributed by atoms with Crippen molar-refractivity contribution < 1.29 is 4.74 Å². The van der Waals surface area contributed by atoms with Crippen molar-refractivity contribution in [1.82, 2.24) is 4.90 Å². The van der Waals surface area contributed by atoms with Crippen molar-refractivity contribution in [3.63, 3.8) is 0 Å². The molecule has 0 saturated heterocycles. The lowest BCUT2D eigenvalue weighted by atomic mass is 10.2. The van der Waals surface area contributed by atoms with Gasteiger partial charge in [-0.05, 0) is 42.2 Å². The fourth-order valence-electron chi connectivity index (χ4n) is 3.38. The third-order valence-electron chi connectivity index (χ3n) is 5.18. The summed E-state index contributed by atoms with van der Waals surface area (Å²) in [6.45, 7) is 6.24. The van der Waals surface area contributed by atoms with Gasteiger partial charge in [0.05, 0.1) is 6.61 Å². The molecule has 29 heavy (non-hydrogen) atoms. The van der Waals surface area contributed by atoms with E-state index in [1.807, 2.05) is 17.5 Å². The van der Waals surface area contributed by atoms with Gasteiger partial charge >= 0.3 is 0 Å². The lowest BCUT2D eigenvalue weighted by Crippen LogP contribution is -2.39. The molecule has 4 rings (SSSR count). The highest BCUT2D eigenvalue weighted by atomic mass is 32.1. The summed E-state index contributed by atoms with van der Waals surface area (Å²) < 4.78 is 5.87. The molecule has 1 aromatic carbocycles. The molecule has 1 atom stereocenters. The van der Waals surface area contributed by atoms with E-state index in [-0.39, 0.29) is 6.17 Å². The fourth-order valence-corrected chi connectivity index (χ4v) is 3.66. The monoisotopic (exact) mass is 408 g/mol. The van der Waals surface area contributed by atoms with Crippen LogP contribution in [0.2, 0.25) is 0 Å². The summed E-state index contributed by atoms with van der Waals surface area (Å²) in [4.78, 5) is 4.51. The molecule has 1 unspecified atom stereocenters. The number of ether oxygens (including phenoxy) is 1. The second-order valence-corrected chi connectivity index (χ2v) is 7.75. The zero-order valence-electron chi connectivity index (χ0n) is 17.6. The van der Waals surface area contributed by atoms with E-state index in [0.29, 0.717) is 0 Å². The highest BCUT2D eigenvalue weighted by Crippen LogP contribution is 2.32. The van der Waals surface area contributed by atoms with E-state index in [1.54, 1.807) is 0 Å². The van der Waals surface area contributed by atoms with Crippen molar-refractivity contribution in [2.45, 2.75) is 52.1 Å². The quantitative estimate of drug-likeness (QED) is 0.276. The Labute approximate surface area is 181 Å². The Hall–Kier alpha value is -2.33. The van der Waals surface area contributed by atoms with Crippen molar-refractivity contribution in [2.75, 3.05) is 18.1 Å². The summed E-state index contributed by atoms with van der Waals surface area (Å²) in [6, 6.07) is 16.8. The van der Waals surface area contributed by atoms with Gasteiger partial charge in [-0.25, -0.2) is 0 Å². The van der Waals surface area contributed by atoms with E-state index in [2.05, 4.69) is 72.4 Å². The molecule has 3 nitrogen and oxygen atoms in total. The summed E-state index contributed by atoms with van der Waals surface area (Å²) in [7, 11) is 0. The summed E-state index contributed by atoms with van der Waals surface area (Å²) in [5.74, 6) is 0.933. The van der Waals surface area contributed by atoms with Gasteiger partial charge in [0.2, 0.25) is 0 Å². The number of rotatable bonds is 10. The van der Waals surface area contributed by atoms with E-state index < -0.39 is 0 Å². The van der Waals surface area contributed by atoms with Gasteiger partial charge in [-0.15, -0.1) is 0 Å². The van der Waals surface area contributed by atoms with Gasteiger partial charge in [-0.2, -0.15) is 0 Å². The highest BCUT2D eigenvalue weighted by molar-refractivity contribution is 7.79. The van der Waals surface area contributed by atoms with Crippen LogP contribution in [0.1, 0.15) is 46.0 Å². The SMILES string of the molecule is CCCCCOc1cccc(N2C=CN(CCCC)C2C=S)c1.c1cc2cc-2c1. The normalized spacial score (nSPS) is 15.7. The van der Waals surface area contributed by atoms with Gasteiger partial charge < -0.3 is 14.5 Å². The zero-order chi connectivity index (χ0) is 20.5. The third kappa shape index (κ3) is 6.07. The van der Waals surface area contributed by atoms with Gasteiger partial charge in [-0.3, -0.25) is 0 Å². The smallest absolute Gasteiger partial charge is 0.135 e.